The van der Waals surface area contributed by atoms with E-state index in [0.29, 0.717) is 22.3 Å². The first-order valence-electron chi connectivity index (χ1n) is 10.7. The lowest BCUT2D eigenvalue weighted by atomic mass is 10.2. The van der Waals surface area contributed by atoms with E-state index in [1.807, 2.05) is 59.2 Å². The minimum atomic E-state index is -1.08. The van der Waals surface area contributed by atoms with Crippen molar-refractivity contribution in [2.45, 2.75) is 5.16 Å². The summed E-state index contributed by atoms with van der Waals surface area (Å²) in [7, 11) is 0. The number of aromatic nitrogens is 3. The lowest BCUT2D eigenvalue weighted by Crippen LogP contribution is -2.20. The zero-order valence-corrected chi connectivity index (χ0v) is 21.1. The second kappa shape index (κ2) is 12.1. The van der Waals surface area contributed by atoms with Crippen molar-refractivity contribution < 1.29 is 19.4 Å². The molecule has 4 rings (SSSR count). The number of aliphatic carboxylic acids is 1. The summed E-state index contributed by atoms with van der Waals surface area (Å²) >= 11 is 4.68. The van der Waals surface area contributed by atoms with Crippen molar-refractivity contribution >= 4 is 45.8 Å². The van der Waals surface area contributed by atoms with E-state index in [-0.39, 0.29) is 11.7 Å². The molecule has 1 aromatic heterocycles. The second-order valence-electron chi connectivity index (χ2n) is 7.29. The molecular weight excluding hydrogens is 546 g/mol. The minimum absolute atomic E-state index is 0.0554. The van der Waals surface area contributed by atoms with Crippen LogP contribution in [0.5, 0.6) is 5.75 Å². The molecule has 0 radical (unpaired) electrons. The number of nitrogens with zero attached hydrogens (tertiary/aromatic N) is 4. The fraction of sp³-hybridized carbons (Fsp3) is 0.0800. The monoisotopic (exact) mass is 565 g/mol. The number of thioether (sulfide) groups is 1. The van der Waals surface area contributed by atoms with Gasteiger partial charge in [-0.15, -0.1) is 10.2 Å². The highest BCUT2D eigenvalue weighted by Crippen LogP contribution is 2.28. The quantitative estimate of drug-likeness (QED) is 0.166. The molecule has 0 atom stereocenters. The zero-order valence-electron chi connectivity index (χ0n) is 18.7. The molecule has 36 heavy (non-hydrogen) atoms. The van der Waals surface area contributed by atoms with Crippen LogP contribution in [-0.2, 0) is 9.59 Å². The van der Waals surface area contributed by atoms with Gasteiger partial charge in [0.1, 0.15) is 5.75 Å². The standard InChI is InChI=1S/C25H20BrN5O4S/c26-19-12-10-17(11-13-19)24-29-30-25(31(24)20-7-2-1-3-8-20)36-16-22(32)28-27-14-18-6-4-5-9-21(18)35-15-23(33)34/h1-14H,15-16H2,(H,28,32)(H,33,34). The van der Waals surface area contributed by atoms with E-state index in [1.54, 1.807) is 24.3 Å². The van der Waals surface area contributed by atoms with Gasteiger partial charge < -0.3 is 9.84 Å². The van der Waals surface area contributed by atoms with Gasteiger partial charge in [0.25, 0.3) is 5.91 Å². The van der Waals surface area contributed by atoms with Gasteiger partial charge in [0.05, 0.1) is 12.0 Å². The van der Waals surface area contributed by atoms with Crippen molar-refractivity contribution in [3.63, 3.8) is 0 Å². The van der Waals surface area contributed by atoms with Gasteiger partial charge in [-0.2, -0.15) is 5.10 Å². The summed E-state index contributed by atoms with van der Waals surface area (Å²) in [4.78, 5) is 23.2. The number of carbonyl (C=O) groups excluding carboxylic acids is 1. The molecule has 0 aliphatic carbocycles. The number of para-hydroxylation sites is 2. The number of benzene rings is 3. The lowest BCUT2D eigenvalue weighted by molar-refractivity contribution is -0.139. The van der Waals surface area contributed by atoms with Gasteiger partial charge in [-0.05, 0) is 36.4 Å². The van der Waals surface area contributed by atoms with E-state index in [9.17, 15) is 9.59 Å². The van der Waals surface area contributed by atoms with Crippen LogP contribution in [0.15, 0.2) is 93.6 Å². The van der Waals surface area contributed by atoms with Crippen LogP contribution < -0.4 is 10.2 Å². The molecule has 0 saturated carbocycles. The molecule has 3 aromatic carbocycles. The Balaban J connectivity index is 1.45. The molecular formula is C25H20BrN5O4S. The SMILES string of the molecule is O=C(O)COc1ccccc1C=NNC(=O)CSc1nnc(-c2ccc(Br)cc2)n1-c1ccccc1. The molecule has 9 nitrogen and oxygen atoms in total. The zero-order chi connectivity index (χ0) is 25.3. The molecule has 0 bridgehead atoms. The van der Waals surface area contributed by atoms with Crippen LogP contribution in [0, 0.1) is 0 Å². The topological polar surface area (TPSA) is 119 Å². The molecule has 0 fully saturated rings. The fourth-order valence-corrected chi connectivity index (χ4v) is 4.16. The van der Waals surface area contributed by atoms with Crippen molar-refractivity contribution in [3.8, 4) is 22.8 Å². The van der Waals surface area contributed by atoms with Crippen LogP contribution in [-0.4, -0.2) is 50.3 Å². The number of amides is 1. The number of hydrogen-bond donors (Lipinski definition) is 2. The van der Waals surface area contributed by atoms with Gasteiger partial charge in [0.2, 0.25) is 0 Å². The minimum Gasteiger partial charge on any atom is -0.481 e. The number of ether oxygens (including phenoxy) is 1. The van der Waals surface area contributed by atoms with E-state index < -0.39 is 12.6 Å². The largest absolute Gasteiger partial charge is 0.481 e. The predicted molar refractivity (Wildman–Crippen MR) is 141 cm³/mol. The maximum absolute atomic E-state index is 12.5. The molecule has 1 amide bonds. The van der Waals surface area contributed by atoms with Crippen LogP contribution in [0.25, 0.3) is 17.1 Å². The third-order valence-electron chi connectivity index (χ3n) is 4.75. The van der Waals surface area contributed by atoms with Crippen LogP contribution in [0.2, 0.25) is 0 Å². The Labute approximate surface area is 219 Å². The number of hydrazone groups is 1. The summed E-state index contributed by atoms with van der Waals surface area (Å²) in [5, 5.41) is 22.0. The van der Waals surface area contributed by atoms with Crippen molar-refractivity contribution in [2.24, 2.45) is 5.10 Å². The first kappa shape index (κ1) is 25.1. The molecule has 4 aromatic rings. The fourth-order valence-electron chi connectivity index (χ4n) is 3.15. The molecule has 2 N–H and O–H groups in total. The van der Waals surface area contributed by atoms with E-state index in [0.717, 1.165) is 15.7 Å². The predicted octanol–water partition coefficient (Wildman–Crippen LogP) is 4.40. The number of carboxylic acid groups (broad SMARTS) is 1. The molecule has 1 heterocycles. The number of rotatable bonds is 10. The first-order valence-corrected chi connectivity index (χ1v) is 12.4. The van der Waals surface area contributed by atoms with E-state index in [4.69, 9.17) is 9.84 Å². The summed E-state index contributed by atoms with van der Waals surface area (Å²) in [6.45, 7) is -0.474. The summed E-state index contributed by atoms with van der Waals surface area (Å²) in [6, 6.07) is 24.2. The normalized spacial score (nSPS) is 10.9. The number of carbonyl (C=O) groups is 2. The van der Waals surface area contributed by atoms with E-state index in [1.165, 1.54) is 18.0 Å². The Kier molecular flexibility index (Phi) is 8.48. The van der Waals surface area contributed by atoms with Crippen molar-refractivity contribution in [3.05, 3.63) is 88.9 Å². The molecule has 0 unspecified atom stereocenters. The molecule has 11 heteroatoms. The number of halogens is 1. The van der Waals surface area contributed by atoms with Gasteiger partial charge in [0, 0.05) is 21.3 Å². The first-order chi connectivity index (χ1) is 17.5. The highest BCUT2D eigenvalue weighted by Gasteiger charge is 2.17. The lowest BCUT2D eigenvalue weighted by Gasteiger charge is -2.10. The second-order valence-corrected chi connectivity index (χ2v) is 9.14. The molecule has 0 saturated heterocycles. The Morgan fingerprint density at radius 1 is 1.03 bits per heavy atom. The van der Waals surface area contributed by atoms with Gasteiger partial charge in [-0.3, -0.25) is 9.36 Å². The summed E-state index contributed by atoms with van der Waals surface area (Å²) in [5.74, 6) is -0.359. The van der Waals surface area contributed by atoms with Crippen LogP contribution in [0.3, 0.4) is 0 Å². The highest BCUT2D eigenvalue weighted by atomic mass is 79.9. The van der Waals surface area contributed by atoms with Gasteiger partial charge in [0.15, 0.2) is 17.6 Å². The number of carboxylic acids is 1. The number of nitrogens with one attached hydrogen (secondary N) is 1. The van der Waals surface area contributed by atoms with Crippen LogP contribution >= 0.6 is 27.7 Å². The Morgan fingerprint density at radius 3 is 2.50 bits per heavy atom. The highest BCUT2D eigenvalue weighted by molar-refractivity contribution is 9.10. The van der Waals surface area contributed by atoms with Crippen molar-refractivity contribution in [2.75, 3.05) is 12.4 Å². The molecule has 0 spiro atoms. The average molecular weight is 566 g/mol. The number of hydrogen-bond acceptors (Lipinski definition) is 7. The van der Waals surface area contributed by atoms with Crippen LogP contribution in [0.1, 0.15) is 5.56 Å². The van der Waals surface area contributed by atoms with Gasteiger partial charge >= 0.3 is 5.97 Å². The van der Waals surface area contributed by atoms with Gasteiger partial charge in [-0.25, -0.2) is 10.2 Å². The Hall–Kier alpha value is -3.96. The molecule has 182 valence electrons. The Bertz CT molecular complexity index is 1380. The maximum atomic E-state index is 12.5. The van der Waals surface area contributed by atoms with Crippen molar-refractivity contribution in [1.29, 1.82) is 0 Å². The third-order valence-corrected chi connectivity index (χ3v) is 6.20. The van der Waals surface area contributed by atoms with E-state index >= 15 is 0 Å². The third kappa shape index (κ3) is 6.58. The van der Waals surface area contributed by atoms with E-state index in [2.05, 4.69) is 36.7 Å². The molecule has 0 aliphatic rings. The van der Waals surface area contributed by atoms with Gasteiger partial charge in [-0.1, -0.05) is 70.2 Å². The van der Waals surface area contributed by atoms with Crippen molar-refractivity contribution in [1.82, 2.24) is 20.2 Å². The summed E-state index contributed by atoms with van der Waals surface area (Å²) in [5.41, 5.74) is 4.77. The maximum Gasteiger partial charge on any atom is 0.341 e. The molecule has 0 aliphatic heterocycles. The average Bonchev–Trinajstić information content (AvgIpc) is 3.32. The smallest absolute Gasteiger partial charge is 0.341 e. The van der Waals surface area contributed by atoms with Crippen LogP contribution in [0.4, 0.5) is 0 Å². The summed E-state index contributed by atoms with van der Waals surface area (Å²) < 4.78 is 8.10. The summed E-state index contributed by atoms with van der Waals surface area (Å²) in [6.07, 6.45) is 1.40. The Morgan fingerprint density at radius 2 is 1.75 bits per heavy atom.